The van der Waals surface area contributed by atoms with Gasteiger partial charge in [-0.05, 0) is 61.1 Å². The van der Waals surface area contributed by atoms with Crippen molar-refractivity contribution >= 4 is 6.09 Å². The highest BCUT2D eigenvalue weighted by atomic mass is 19.4. The maximum absolute atomic E-state index is 14.4. The van der Waals surface area contributed by atoms with E-state index in [1.165, 1.54) is 22.0 Å². The maximum atomic E-state index is 14.4. The molecule has 0 bridgehead atoms. The van der Waals surface area contributed by atoms with Crippen LogP contribution in [0, 0.1) is 11.7 Å². The molecule has 0 spiro atoms. The molecule has 4 rings (SSSR count). The molecule has 0 N–H and O–H groups in total. The van der Waals surface area contributed by atoms with Crippen molar-refractivity contribution in [3.63, 3.8) is 0 Å². The highest BCUT2D eigenvalue weighted by Crippen LogP contribution is 2.30. The van der Waals surface area contributed by atoms with E-state index in [2.05, 4.69) is 25.2 Å². The van der Waals surface area contributed by atoms with E-state index in [-0.39, 0.29) is 5.75 Å². The van der Waals surface area contributed by atoms with E-state index in [4.69, 9.17) is 4.74 Å². The first-order valence-corrected chi connectivity index (χ1v) is 11.6. The molecule has 35 heavy (non-hydrogen) atoms. The number of ether oxygens (including phenoxy) is 2. The van der Waals surface area contributed by atoms with Gasteiger partial charge in [0.25, 0.3) is 0 Å². The van der Waals surface area contributed by atoms with Crippen LogP contribution < -0.4 is 4.74 Å². The third-order valence-corrected chi connectivity index (χ3v) is 6.65. The van der Waals surface area contributed by atoms with E-state index >= 15 is 0 Å². The second-order valence-electron chi connectivity index (χ2n) is 8.95. The second kappa shape index (κ2) is 10.8. The molecule has 13 heteroatoms. The molecule has 2 aliphatic rings. The van der Waals surface area contributed by atoms with Crippen molar-refractivity contribution in [2.75, 3.05) is 32.8 Å². The smallest absolute Gasteiger partial charge is 0.425 e. The van der Waals surface area contributed by atoms with Crippen molar-refractivity contribution in [3.05, 3.63) is 30.3 Å². The number of aromatic nitrogens is 4. The number of carbonyl (C=O) groups is 1. The van der Waals surface area contributed by atoms with E-state index < -0.39 is 24.2 Å². The lowest BCUT2D eigenvalue weighted by molar-refractivity contribution is -0.200. The lowest BCUT2D eigenvalue weighted by Gasteiger charge is -2.41. The average Bonchev–Trinajstić information content (AvgIpc) is 3.38. The lowest BCUT2D eigenvalue weighted by Crippen LogP contribution is -2.53. The first-order valence-electron chi connectivity index (χ1n) is 11.6. The van der Waals surface area contributed by atoms with Crippen LogP contribution in [-0.2, 0) is 4.74 Å². The number of benzene rings is 1. The number of amides is 1. The van der Waals surface area contributed by atoms with Crippen LogP contribution in [0.4, 0.5) is 22.4 Å². The Bertz CT molecular complexity index is 974. The maximum Gasteiger partial charge on any atom is 0.425 e. The van der Waals surface area contributed by atoms with E-state index in [0.717, 1.165) is 32.6 Å². The molecular formula is C22H28F4N6O3. The van der Waals surface area contributed by atoms with Crippen LogP contribution in [0.15, 0.2) is 24.5 Å². The molecule has 1 saturated heterocycles. The van der Waals surface area contributed by atoms with Crippen molar-refractivity contribution in [1.29, 1.82) is 0 Å². The van der Waals surface area contributed by atoms with Gasteiger partial charge in [-0.2, -0.15) is 13.2 Å². The number of halogens is 4. The molecule has 0 radical (unpaired) electrons. The Morgan fingerprint density at radius 2 is 1.86 bits per heavy atom. The van der Waals surface area contributed by atoms with Crippen LogP contribution in [0.5, 0.6) is 5.75 Å². The third kappa shape index (κ3) is 6.38. The molecule has 1 aliphatic carbocycles. The van der Waals surface area contributed by atoms with Crippen LogP contribution in [0.3, 0.4) is 0 Å². The molecule has 1 atom stereocenters. The highest BCUT2D eigenvalue weighted by molar-refractivity contribution is 5.68. The Labute approximate surface area is 200 Å². The minimum atomic E-state index is -4.56. The van der Waals surface area contributed by atoms with Crippen molar-refractivity contribution in [3.8, 4) is 11.4 Å². The largest absolute Gasteiger partial charge is 0.490 e. The topological polar surface area (TPSA) is 85.6 Å². The van der Waals surface area contributed by atoms with Gasteiger partial charge in [-0.25, -0.2) is 13.9 Å². The normalized spacial score (nSPS) is 22.6. The van der Waals surface area contributed by atoms with Crippen LogP contribution in [0.25, 0.3) is 5.69 Å². The monoisotopic (exact) mass is 500 g/mol. The summed E-state index contributed by atoms with van der Waals surface area (Å²) in [6.07, 6.45) is -2.47. The van der Waals surface area contributed by atoms with Crippen LogP contribution in [-0.4, -0.2) is 87.2 Å². The van der Waals surface area contributed by atoms with Gasteiger partial charge in [-0.15, -0.1) is 5.10 Å². The van der Waals surface area contributed by atoms with E-state index in [1.54, 1.807) is 12.1 Å². The molecule has 9 nitrogen and oxygen atoms in total. The average molecular weight is 500 g/mol. The van der Waals surface area contributed by atoms with E-state index in [9.17, 15) is 22.4 Å². The Kier molecular flexibility index (Phi) is 7.72. The molecule has 1 aromatic carbocycles. The fraction of sp³-hybridized carbons (Fsp3) is 0.636. The molecule has 1 saturated carbocycles. The molecule has 2 fully saturated rings. The fourth-order valence-corrected chi connectivity index (χ4v) is 4.48. The standard InChI is InChI=1S/C22H28F4N6O3/c1-15(22(24,25)26)35-21(33)31-10-8-30(9-11-31)17-4-2-16(3-5-17)13-34-20-7-6-18(12-19(20)23)32-14-27-28-29-32/h6-7,12,14-17H,2-5,8-11,13H2,1H3. The van der Waals surface area contributed by atoms with Gasteiger partial charge < -0.3 is 14.4 Å². The number of alkyl halides is 3. The van der Waals surface area contributed by atoms with Crippen molar-refractivity contribution in [1.82, 2.24) is 30.0 Å². The van der Waals surface area contributed by atoms with E-state index in [1.807, 2.05) is 0 Å². The molecule has 1 unspecified atom stereocenters. The summed E-state index contributed by atoms with van der Waals surface area (Å²) < 4.78 is 63.9. The Hall–Kier alpha value is -2.96. The minimum absolute atomic E-state index is 0.187. The van der Waals surface area contributed by atoms with Crippen molar-refractivity contribution in [2.45, 2.75) is 50.9 Å². The SMILES string of the molecule is CC(OC(=O)N1CCN(C2CCC(COc3ccc(-n4cnnn4)cc3F)CC2)CC1)C(F)(F)F. The predicted molar refractivity (Wildman–Crippen MR) is 115 cm³/mol. The van der Waals surface area contributed by atoms with Gasteiger partial charge in [0.1, 0.15) is 6.33 Å². The zero-order chi connectivity index (χ0) is 25.0. The number of hydrogen-bond donors (Lipinski definition) is 0. The van der Waals surface area contributed by atoms with Gasteiger partial charge in [0.15, 0.2) is 17.7 Å². The highest BCUT2D eigenvalue weighted by Gasteiger charge is 2.40. The summed E-state index contributed by atoms with van der Waals surface area (Å²) in [5.41, 5.74) is 0.503. The summed E-state index contributed by atoms with van der Waals surface area (Å²) >= 11 is 0. The Morgan fingerprint density at radius 1 is 1.14 bits per heavy atom. The zero-order valence-corrected chi connectivity index (χ0v) is 19.3. The first-order chi connectivity index (χ1) is 16.7. The van der Waals surface area contributed by atoms with Gasteiger partial charge in [-0.1, -0.05) is 0 Å². The number of nitrogens with zero attached hydrogens (tertiary/aromatic N) is 6. The van der Waals surface area contributed by atoms with Gasteiger partial charge in [0, 0.05) is 38.3 Å². The molecule has 1 aliphatic heterocycles. The molecular weight excluding hydrogens is 472 g/mol. The fourth-order valence-electron chi connectivity index (χ4n) is 4.48. The van der Waals surface area contributed by atoms with Crippen LogP contribution in [0.2, 0.25) is 0 Å². The molecule has 1 amide bonds. The van der Waals surface area contributed by atoms with Crippen molar-refractivity contribution in [2.24, 2.45) is 5.92 Å². The van der Waals surface area contributed by atoms with Crippen LogP contribution >= 0.6 is 0 Å². The summed E-state index contributed by atoms with van der Waals surface area (Å²) in [6.45, 7) is 3.13. The number of carbonyl (C=O) groups excluding carboxylic acids is 1. The Balaban J connectivity index is 1.18. The predicted octanol–water partition coefficient (Wildman–Crippen LogP) is 3.44. The summed E-state index contributed by atoms with van der Waals surface area (Å²) in [5, 5.41) is 10.8. The minimum Gasteiger partial charge on any atom is -0.490 e. The summed E-state index contributed by atoms with van der Waals surface area (Å²) in [5.74, 6) is 0.0180. The van der Waals surface area contributed by atoms with Gasteiger partial charge in [0.2, 0.25) is 0 Å². The number of tetrazole rings is 1. The van der Waals surface area contributed by atoms with E-state index in [0.29, 0.717) is 50.4 Å². The molecule has 2 heterocycles. The summed E-state index contributed by atoms with van der Waals surface area (Å²) in [6, 6.07) is 4.93. The number of piperazine rings is 1. The lowest BCUT2D eigenvalue weighted by atomic mass is 9.85. The number of hydrogen-bond acceptors (Lipinski definition) is 7. The Morgan fingerprint density at radius 3 is 2.46 bits per heavy atom. The third-order valence-electron chi connectivity index (χ3n) is 6.65. The molecule has 2 aromatic rings. The zero-order valence-electron chi connectivity index (χ0n) is 19.3. The summed E-state index contributed by atoms with van der Waals surface area (Å²) in [7, 11) is 0. The van der Waals surface area contributed by atoms with Gasteiger partial charge in [-0.3, -0.25) is 4.90 Å². The second-order valence-corrected chi connectivity index (χ2v) is 8.95. The van der Waals surface area contributed by atoms with Gasteiger partial charge in [0.05, 0.1) is 12.3 Å². The molecule has 1 aromatic heterocycles. The number of rotatable bonds is 6. The van der Waals surface area contributed by atoms with Crippen molar-refractivity contribution < 1.29 is 31.8 Å². The summed E-state index contributed by atoms with van der Waals surface area (Å²) in [4.78, 5) is 15.6. The van der Waals surface area contributed by atoms with Crippen LogP contribution in [0.1, 0.15) is 32.6 Å². The first kappa shape index (κ1) is 25.1. The quantitative estimate of drug-likeness (QED) is 0.562. The van der Waals surface area contributed by atoms with Gasteiger partial charge >= 0.3 is 12.3 Å². The molecule has 192 valence electrons.